The minimum atomic E-state index is -0.588. The summed E-state index contributed by atoms with van der Waals surface area (Å²) in [6, 6.07) is 12.2. The zero-order valence-electron chi connectivity index (χ0n) is 13.8. The maximum absolute atomic E-state index is 13.0. The Labute approximate surface area is 148 Å². The Morgan fingerprint density at radius 1 is 1.15 bits per heavy atom. The van der Waals surface area contributed by atoms with Crippen molar-refractivity contribution < 1.29 is 28.2 Å². The number of carbonyl (C=O) groups excluding carboxylic acids is 2. The lowest BCUT2D eigenvalue weighted by Crippen LogP contribution is -2.12. The summed E-state index contributed by atoms with van der Waals surface area (Å²) in [4.78, 5) is 27.1. The molecule has 0 spiro atoms. The highest BCUT2D eigenvalue weighted by Gasteiger charge is 2.24. The van der Waals surface area contributed by atoms with Gasteiger partial charge in [0.2, 0.25) is 5.90 Å². The lowest BCUT2D eigenvalue weighted by Gasteiger charge is -2.04. The second-order valence-electron chi connectivity index (χ2n) is 5.28. The van der Waals surface area contributed by atoms with E-state index in [1.54, 1.807) is 30.3 Å². The maximum Gasteiger partial charge on any atom is 0.363 e. The minimum absolute atomic E-state index is 0.124. The Kier molecular flexibility index (Phi) is 5.07. The largest absolute Gasteiger partial charge is 0.482 e. The smallest absolute Gasteiger partial charge is 0.363 e. The zero-order valence-corrected chi connectivity index (χ0v) is 13.8. The molecule has 7 heteroatoms. The van der Waals surface area contributed by atoms with Gasteiger partial charge in [0.05, 0.1) is 7.11 Å². The van der Waals surface area contributed by atoms with E-state index in [0.717, 1.165) is 0 Å². The molecule has 26 heavy (non-hydrogen) atoms. The standard InChI is InChI=1S/C19H14FNO5/c1-24-17(22)11-25-15-8-2-12(3-9-15)10-16-19(23)26-18(21-16)13-4-6-14(20)7-5-13/h2-10H,11H2,1H3/b16-10-. The molecular weight excluding hydrogens is 341 g/mol. The van der Waals surface area contributed by atoms with Crippen LogP contribution in [0.5, 0.6) is 5.75 Å². The van der Waals surface area contributed by atoms with E-state index in [0.29, 0.717) is 16.9 Å². The molecule has 0 amide bonds. The number of ether oxygens (including phenoxy) is 3. The number of esters is 2. The van der Waals surface area contributed by atoms with E-state index in [-0.39, 0.29) is 24.0 Å². The van der Waals surface area contributed by atoms with Gasteiger partial charge >= 0.3 is 11.9 Å². The topological polar surface area (TPSA) is 74.2 Å². The monoisotopic (exact) mass is 355 g/mol. The van der Waals surface area contributed by atoms with Gasteiger partial charge in [-0.3, -0.25) is 0 Å². The Hall–Kier alpha value is -3.48. The van der Waals surface area contributed by atoms with Crippen molar-refractivity contribution in [1.82, 2.24) is 0 Å². The van der Waals surface area contributed by atoms with Crippen LogP contribution in [0.2, 0.25) is 0 Å². The molecule has 1 heterocycles. The Morgan fingerprint density at radius 3 is 2.50 bits per heavy atom. The maximum atomic E-state index is 13.0. The summed E-state index contributed by atoms with van der Waals surface area (Å²) in [7, 11) is 1.28. The van der Waals surface area contributed by atoms with Crippen LogP contribution < -0.4 is 4.74 Å². The fourth-order valence-corrected chi connectivity index (χ4v) is 2.14. The zero-order chi connectivity index (χ0) is 18.5. The van der Waals surface area contributed by atoms with Gasteiger partial charge in [-0.05, 0) is 48.0 Å². The summed E-state index contributed by atoms with van der Waals surface area (Å²) in [5.41, 5.74) is 1.34. The van der Waals surface area contributed by atoms with Crippen LogP contribution in [0.15, 0.2) is 59.2 Å². The molecule has 0 saturated heterocycles. The molecule has 132 valence electrons. The number of methoxy groups -OCH3 is 1. The van der Waals surface area contributed by atoms with Gasteiger partial charge in [-0.1, -0.05) is 12.1 Å². The molecule has 1 aliphatic heterocycles. The van der Waals surface area contributed by atoms with Crippen LogP contribution in [0, 0.1) is 5.82 Å². The molecule has 0 atom stereocenters. The average Bonchev–Trinajstić information content (AvgIpc) is 3.02. The summed E-state index contributed by atoms with van der Waals surface area (Å²) in [6.07, 6.45) is 1.56. The molecule has 2 aromatic carbocycles. The number of nitrogens with zero attached hydrogens (tertiary/aromatic N) is 1. The van der Waals surface area contributed by atoms with Crippen molar-refractivity contribution in [3.63, 3.8) is 0 Å². The fourth-order valence-electron chi connectivity index (χ4n) is 2.14. The van der Waals surface area contributed by atoms with Crippen LogP contribution in [0.1, 0.15) is 11.1 Å². The van der Waals surface area contributed by atoms with Crippen LogP contribution in [0.3, 0.4) is 0 Å². The molecular formula is C19H14FNO5. The second kappa shape index (κ2) is 7.60. The first kappa shape index (κ1) is 17.3. The van der Waals surface area contributed by atoms with Crippen molar-refractivity contribution in [3.05, 3.63) is 71.2 Å². The molecule has 0 bridgehead atoms. The number of benzene rings is 2. The Balaban J connectivity index is 1.73. The molecule has 0 saturated carbocycles. The van der Waals surface area contributed by atoms with E-state index in [1.807, 2.05) is 0 Å². The second-order valence-corrected chi connectivity index (χ2v) is 5.28. The van der Waals surface area contributed by atoms with Crippen LogP contribution in [0.4, 0.5) is 4.39 Å². The Bertz CT molecular complexity index is 885. The Morgan fingerprint density at radius 2 is 1.85 bits per heavy atom. The molecule has 0 fully saturated rings. The number of carbonyl (C=O) groups is 2. The van der Waals surface area contributed by atoms with Crippen LogP contribution in [-0.4, -0.2) is 31.6 Å². The number of halogens is 1. The number of rotatable bonds is 5. The van der Waals surface area contributed by atoms with Gasteiger partial charge in [-0.15, -0.1) is 0 Å². The van der Waals surface area contributed by atoms with E-state index in [1.165, 1.54) is 31.4 Å². The molecule has 2 aromatic rings. The van der Waals surface area contributed by atoms with Crippen molar-refractivity contribution >= 4 is 23.9 Å². The third-order valence-electron chi connectivity index (χ3n) is 3.48. The normalized spacial score (nSPS) is 14.8. The van der Waals surface area contributed by atoms with E-state index in [9.17, 15) is 14.0 Å². The predicted molar refractivity (Wildman–Crippen MR) is 91.0 cm³/mol. The lowest BCUT2D eigenvalue weighted by molar-refractivity contribution is -0.143. The van der Waals surface area contributed by atoms with Gasteiger partial charge in [-0.25, -0.2) is 19.0 Å². The molecule has 3 rings (SSSR count). The van der Waals surface area contributed by atoms with Crippen LogP contribution in [-0.2, 0) is 19.1 Å². The summed E-state index contributed by atoms with van der Waals surface area (Å²) in [5.74, 6) is -0.840. The first-order valence-electron chi connectivity index (χ1n) is 7.63. The van der Waals surface area contributed by atoms with Gasteiger partial charge < -0.3 is 14.2 Å². The molecule has 0 N–H and O–H groups in total. The van der Waals surface area contributed by atoms with E-state index < -0.39 is 11.9 Å². The minimum Gasteiger partial charge on any atom is -0.482 e. The van der Waals surface area contributed by atoms with Crippen molar-refractivity contribution in [2.45, 2.75) is 0 Å². The highest BCUT2D eigenvalue weighted by molar-refractivity contribution is 6.12. The molecule has 0 aliphatic carbocycles. The number of cyclic esters (lactones) is 1. The number of hydrogen-bond acceptors (Lipinski definition) is 6. The van der Waals surface area contributed by atoms with Crippen molar-refractivity contribution in [2.24, 2.45) is 4.99 Å². The quantitative estimate of drug-likeness (QED) is 0.609. The fraction of sp³-hybridized carbons (Fsp3) is 0.105. The van der Waals surface area contributed by atoms with Crippen LogP contribution >= 0.6 is 0 Å². The van der Waals surface area contributed by atoms with E-state index in [4.69, 9.17) is 9.47 Å². The lowest BCUT2D eigenvalue weighted by atomic mass is 10.2. The first-order valence-corrected chi connectivity index (χ1v) is 7.63. The predicted octanol–water partition coefficient (Wildman–Crippen LogP) is 2.72. The third kappa shape index (κ3) is 4.13. The van der Waals surface area contributed by atoms with Crippen molar-refractivity contribution in [2.75, 3.05) is 13.7 Å². The molecule has 0 unspecified atom stereocenters. The van der Waals surface area contributed by atoms with Crippen LogP contribution in [0.25, 0.3) is 6.08 Å². The summed E-state index contributed by atoms with van der Waals surface area (Å²) >= 11 is 0. The van der Waals surface area contributed by atoms with E-state index >= 15 is 0 Å². The summed E-state index contributed by atoms with van der Waals surface area (Å²) < 4.78 is 27.8. The van der Waals surface area contributed by atoms with Crippen molar-refractivity contribution in [1.29, 1.82) is 0 Å². The van der Waals surface area contributed by atoms with Gasteiger partial charge in [0, 0.05) is 5.56 Å². The summed E-state index contributed by atoms with van der Waals surface area (Å²) in [6.45, 7) is -0.186. The van der Waals surface area contributed by atoms with Crippen molar-refractivity contribution in [3.8, 4) is 5.75 Å². The first-order chi connectivity index (χ1) is 12.5. The molecule has 0 aromatic heterocycles. The number of hydrogen-bond donors (Lipinski definition) is 0. The van der Waals surface area contributed by atoms with E-state index in [2.05, 4.69) is 9.73 Å². The van der Waals surface area contributed by atoms with Gasteiger partial charge in [0.15, 0.2) is 12.3 Å². The molecule has 0 radical (unpaired) electrons. The van der Waals surface area contributed by atoms with Gasteiger partial charge in [0.25, 0.3) is 0 Å². The van der Waals surface area contributed by atoms with Gasteiger partial charge in [0.1, 0.15) is 11.6 Å². The molecule has 1 aliphatic rings. The third-order valence-corrected chi connectivity index (χ3v) is 3.48. The SMILES string of the molecule is COC(=O)COc1ccc(/C=C2\N=C(c3ccc(F)cc3)OC2=O)cc1. The highest BCUT2D eigenvalue weighted by atomic mass is 19.1. The highest BCUT2D eigenvalue weighted by Crippen LogP contribution is 2.20. The number of aliphatic imine (C=N–C) groups is 1. The van der Waals surface area contributed by atoms with Gasteiger partial charge in [-0.2, -0.15) is 0 Å². The summed E-state index contributed by atoms with van der Waals surface area (Å²) in [5, 5.41) is 0. The molecule has 6 nitrogen and oxygen atoms in total. The average molecular weight is 355 g/mol.